The number of benzene rings is 1. The predicted molar refractivity (Wildman–Crippen MR) is 69.7 cm³/mol. The van der Waals surface area contributed by atoms with Gasteiger partial charge in [-0.25, -0.2) is 0 Å². The highest BCUT2D eigenvalue weighted by molar-refractivity contribution is 5.45. The lowest BCUT2D eigenvalue weighted by molar-refractivity contribution is 0.401. The average molecular weight is 231 g/mol. The lowest BCUT2D eigenvalue weighted by atomic mass is 9.93. The van der Waals surface area contributed by atoms with Crippen molar-refractivity contribution in [1.29, 1.82) is 0 Å². The van der Waals surface area contributed by atoms with E-state index in [1.165, 1.54) is 36.8 Å². The van der Waals surface area contributed by atoms with E-state index in [1.807, 2.05) is 0 Å². The van der Waals surface area contributed by atoms with Crippen LogP contribution >= 0.6 is 0 Å². The molecule has 2 saturated carbocycles. The summed E-state index contributed by atoms with van der Waals surface area (Å²) in [5, 5.41) is 3.67. The summed E-state index contributed by atoms with van der Waals surface area (Å²) in [7, 11) is 1.78. The molecule has 2 aliphatic carbocycles. The molecule has 1 N–H and O–H groups in total. The third kappa shape index (κ3) is 2.19. The van der Waals surface area contributed by atoms with Gasteiger partial charge in [0.1, 0.15) is 5.75 Å². The van der Waals surface area contributed by atoms with Crippen molar-refractivity contribution in [2.24, 2.45) is 0 Å². The first kappa shape index (κ1) is 11.1. The van der Waals surface area contributed by atoms with E-state index in [-0.39, 0.29) is 0 Å². The van der Waals surface area contributed by atoms with Crippen LogP contribution < -0.4 is 10.1 Å². The maximum absolute atomic E-state index is 5.52. The van der Waals surface area contributed by atoms with E-state index in [9.17, 15) is 0 Å². The molecule has 2 fully saturated rings. The summed E-state index contributed by atoms with van der Waals surface area (Å²) in [6, 6.07) is 7.35. The molecule has 92 valence electrons. The largest absolute Gasteiger partial charge is 0.496 e. The van der Waals surface area contributed by atoms with Crippen LogP contribution in [-0.4, -0.2) is 19.7 Å². The SMILES string of the molecule is COc1ccc(C)cc1C1(CNC2CC2)CC1. The second-order valence-corrected chi connectivity index (χ2v) is 5.64. The van der Waals surface area contributed by atoms with Gasteiger partial charge >= 0.3 is 0 Å². The molecule has 0 heterocycles. The summed E-state index contributed by atoms with van der Waals surface area (Å²) in [5.74, 6) is 1.06. The van der Waals surface area contributed by atoms with Crippen molar-refractivity contribution >= 4 is 0 Å². The van der Waals surface area contributed by atoms with Gasteiger partial charge in [-0.1, -0.05) is 17.7 Å². The quantitative estimate of drug-likeness (QED) is 0.841. The van der Waals surface area contributed by atoms with Crippen LogP contribution in [0.5, 0.6) is 5.75 Å². The van der Waals surface area contributed by atoms with Crippen molar-refractivity contribution in [3.8, 4) is 5.75 Å². The zero-order chi connectivity index (χ0) is 11.9. The van der Waals surface area contributed by atoms with Crippen LogP contribution in [0.15, 0.2) is 18.2 Å². The molecule has 0 amide bonds. The first-order chi connectivity index (χ1) is 8.23. The fourth-order valence-corrected chi connectivity index (χ4v) is 2.56. The number of ether oxygens (including phenoxy) is 1. The Morgan fingerprint density at radius 2 is 2.12 bits per heavy atom. The minimum atomic E-state index is 0.361. The maximum Gasteiger partial charge on any atom is 0.122 e. The van der Waals surface area contributed by atoms with E-state index >= 15 is 0 Å². The average Bonchev–Trinajstić information content (AvgIpc) is 3.21. The first-order valence-electron chi connectivity index (χ1n) is 6.62. The highest BCUT2D eigenvalue weighted by Crippen LogP contribution is 2.51. The summed E-state index contributed by atoms with van der Waals surface area (Å²) < 4.78 is 5.52. The Morgan fingerprint density at radius 3 is 2.71 bits per heavy atom. The van der Waals surface area contributed by atoms with Crippen molar-refractivity contribution < 1.29 is 4.74 Å². The van der Waals surface area contributed by atoms with Gasteiger partial charge in [-0.3, -0.25) is 0 Å². The molecule has 0 aliphatic heterocycles. The molecule has 0 saturated heterocycles. The zero-order valence-electron chi connectivity index (χ0n) is 10.8. The standard InChI is InChI=1S/C15H21NO/c1-11-3-6-14(17-2)13(9-11)15(7-8-15)10-16-12-4-5-12/h3,6,9,12,16H,4-5,7-8,10H2,1-2H3. The summed E-state index contributed by atoms with van der Waals surface area (Å²) in [6.07, 6.45) is 5.32. The molecule has 2 aliphatic rings. The minimum Gasteiger partial charge on any atom is -0.496 e. The number of rotatable bonds is 5. The molecule has 0 spiro atoms. The third-order valence-electron chi connectivity index (χ3n) is 4.09. The second kappa shape index (κ2) is 4.02. The van der Waals surface area contributed by atoms with E-state index in [4.69, 9.17) is 4.74 Å². The van der Waals surface area contributed by atoms with Crippen molar-refractivity contribution in [2.45, 2.75) is 44.1 Å². The van der Waals surface area contributed by atoms with Crippen molar-refractivity contribution in [3.05, 3.63) is 29.3 Å². The maximum atomic E-state index is 5.52. The Hall–Kier alpha value is -1.02. The molecule has 0 radical (unpaired) electrons. The van der Waals surface area contributed by atoms with Crippen LogP contribution in [-0.2, 0) is 5.41 Å². The molecule has 1 aromatic rings. The number of hydrogen-bond acceptors (Lipinski definition) is 2. The van der Waals surface area contributed by atoms with Gasteiger partial charge in [0, 0.05) is 23.6 Å². The minimum absolute atomic E-state index is 0.361. The van der Waals surface area contributed by atoms with E-state index < -0.39 is 0 Å². The van der Waals surface area contributed by atoms with Crippen molar-refractivity contribution in [1.82, 2.24) is 5.32 Å². The van der Waals surface area contributed by atoms with Crippen LogP contribution in [0, 0.1) is 6.92 Å². The first-order valence-corrected chi connectivity index (χ1v) is 6.62. The predicted octanol–water partition coefficient (Wildman–Crippen LogP) is 2.79. The topological polar surface area (TPSA) is 21.3 Å². The summed E-state index contributed by atoms with van der Waals surface area (Å²) in [4.78, 5) is 0. The highest BCUT2D eigenvalue weighted by Gasteiger charge is 2.46. The Balaban J connectivity index is 1.83. The monoisotopic (exact) mass is 231 g/mol. The lowest BCUT2D eigenvalue weighted by Crippen LogP contribution is -2.28. The Labute approximate surface area is 103 Å². The van der Waals surface area contributed by atoms with Gasteiger partial charge in [-0.2, -0.15) is 0 Å². The smallest absolute Gasteiger partial charge is 0.122 e. The molecule has 2 heteroatoms. The van der Waals surface area contributed by atoms with Crippen molar-refractivity contribution in [3.63, 3.8) is 0 Å². The van der Waals surface area contributed by atoms with Gasteiger partial charge in [0.15, 0.2) is 0 Å². The third-order valence-corrected chi connectivity index (χ3v) is 4.09. The van der Waals surface area contributed by atoms with Gasteiger partial charge in [0.25, 0.3) is 0 Å². The molecule has 0 bridgehead atoms. The van der Waals surface area contributed by atoms with E-state index in [0.717, 1.165) is 18.3 Å². The van der Waals surface area contributed by atoms with E-state index in [1.54, 1.807) is 7.11 Å². The van der Waals surface area contributed by atoms with Gasteiger partial charge in [0.05, 0.1) is 7.11 Å². The van der Waals surface area contributed by atoms with Crippen LogP contribution in [0.4, 0.5) is 0 Å². The zero-order valence-corrected chi connectivity index (χ0v) is 10.8. The van der Waals surface area contributed by atoms with E-state index in [2.05, 4.69) is 30.4 Å². The fraction of sp³-hybridized carbons (Fsp3) is 0.600. The summed E-state index contributed by atoms with van der Waals surface area (Å²) in [6.45, 7) is 3.28. The molecule has 1 aromatic carbocycles. The highest BCUT2D eigenvalue weighted by atomic mass is 16.5. The van der Waals surface area contributed by atoms with Gasteiger partial charge in [-0.15, -0.1) is 0 Å². The Kier molecular flexibility index (Phi) is 2.62. The Morgan fingerprint density at radius 1 is 1.35 bits per heavy atom. The van der Waals surface area contributed by atoms with Gasteiger partial charge in [0.2, 0.25) is 0 Å². The van der Waals surface area contributed by atoms with Crippen molar-refractivity contribution in [2.75, 3.05) is 13.7 Å². The van der Waals surface area contributed by atoms with Gasteiger partial charge in [-0.05, 0) is 38.7 Å². The molecule has 0 atom stereocenters. The summed E-state index contributed by atoms with van der Waals surface area (Å²) in [5.41, 5.74) is 3.10. The normalized spacial score (nSPS) is 21.3. The molecule has 2 nitrogen and oxygen atoms in total. The van der Waals surface area contributed by atoms with Gasteiger partial charge < -0.3 is 10.1 Å². The molecular formula is C15H21NO. The van der Waals surface area contributed by atoms with E-state index in [0.29, 0.717) is 5.41 Å². The molecular weight excluding hydrogens is 210 g/mol. The molecule has 0 aromatic heterocycles. The van der Waals surface area contributed by atoms with Crippen LogP contribution in [0.1, 0.15) is 36.8 Å². The number of nitrogens with one attached hydrogen (secondary N) is 1. The number of methoxy groups -OCH3 is 1. The second-order valence-electron chi connectivity index (χ2n) is 5.64. The van der Waals surface area contributed by atoms with Crippen LogP contribution in [0.25, 0.3) is 0 Å². The fourth-order valence-electron chi connectivity index (χ4n) is 2.56. The van der Waals surface area contributed by atoms with Crippen LogP contribution in [0.3, 0.4) is 0 Å². The number of aryl methyl sites for hydroxylation is 1. The molecule has 17 heavy (non-hydrogen) atoms. The molecule has 3 rings (SSSR count). The Bertz CT molecular complexity index is 419. The molecule has 0 unspecified atom stereocenters. The lowest BCUT2D eigenvalue weighted by Gasteiger charge is -2.20. The van der Waals surface area contributed by atoms with Crippen LogP contribution in [0.2, 0.25) is 0 Å². The summed E-state index contributed by atoms with van der Waals surface area (Å²) >= 11 is 0. The number of hydrogen-bond donors (Lipinski definition) is 1.